The van der Waals surface area contributed by atoms with Crippen molar-refractivity contribution >= 4 is 22.8 Å². The number of benzene rings is 1. The maximum Gasteiger partial charge on any atom is 0.277 e. The number of amides is 1. The molecule has 2 aliphatic heterocycles. The molecule has 0 radical (unpaired) electrons. The summed E-state index contributed by atoms with van der Waals surface area (Å²) >= 11 is 0. The van der Waals surface area contributed by atoms with E-state index in [-0.39, 0.29) is 5.56 Å². The number of piperidine rings is 1. The molecule has 1 unspecified atom stereocenters. The number of fused-ring (bicyclic) bond motifs is 3. The molecule has 30 heavy (non-hydrogen) atoms. The van der Waals surface area contributed by atoms with Crippen LogP contribution in [0.15, 0.2) is 36.7 Å². The first-order valence-electron chi connectivity index (χ1n) is 10.5. The average molecular weight is 406 g/mol. The van der Waals surface area contributed by atoms with Crippen LogP contribution in [-0.4, -0.2) is 57.2 Å². The van der Waals surface area contributed by atoms with Gasteiger partial charge in [0.2, 0.25) is 5.95 Å². The van der Waals surface area contributed by atoms with Crippen LogP contribution in [0.25, 0.3) is 10.9 Å². The van der Waals surface area contributed by atoms with Crippen LogP contribution in [0, 0.1) is 0 Å². The lowest BCUT2D eigenvalue weighted by Crippen LogP contribution is -2.37. The number of hydrogen-bond donors (Lipinski definition) is 2. The van der Waals surface area contributed by atoms with Crippen molar-refractivity contribution in [3.05, 3.63) is 53.5 Å². The number of rotatable bonds is 3. The van der Waals surface area contributed by atoms with Crippen molar-refractivity contribution in [3.8, 4) is 0 Å². The average Bonchev–Trinajstić information content (AvgIpc) is 3.12. The highest BCUT2D eigenvalue weighted by Crippen LogP contribution is 2.36. The molecule has 2 N–H and O–H groups in total. The number of hydroxylamine groups is 1. The highest BCUT2D eigenvalue weighted by Gasteiger charge is 2.29. The van der Waals surface area contributed by atoms with Gasteiger partial charge < -0.3 is 14.4 Å². The van der Waals surface area contributed by atoms with Crippen molar-refractivity contribution in [2.24, 2.45) is 0 Å². The Balaban J connectivity index is 1.52. The standard InChI is InChI=1S/C22H26N6O2/c1-26-9-4-5-16(13-26)28-19-7-3-2-6-17(19)18-8-10-27(14-20(18)28)22-23-11-15(12-24-22)21(29)25-30/h2-3,6-7,11-12,16,30H,4-5,8-10,13-14H2,1H3,(H,25,29). The van der Waals surface area contributed by atoms with E-state index >= 15 is 0 Å². The summed E-state index contributed by atoms with van der Waals surface area (Å²) < 4.78 is 2.56. The lowest BCUT2D eigenvalue weighted by Gasteiger charge is -2.35. The third kappa shape index (κ3) is 3.22. The Hall–Kier alpha value is -2.97. The number of anilines is 1. The van der Waals surface area contributed by atoms with Gasteiger partial charge in [0.25, 0.3) is 5.91 Å². The van der Waals surface area contributed by atoms with Crippen LogP contribution >= 0.6 is 0 Å². The fraction of sp³-hybridized carbons (Fsp3) is 0.409. The summed E-state index contributed by atoms with van der Waals surface area (Å²) in [6.07, 6.45) is 6.25. The molecular formula is C22H26N6O2. The van der Waals surface area contributed by atoms with Crippen molar-refractivity contribution in [2.45, 2.75) is 31.8 Å². The number of carbonyl (C=O) groups excluding carboxylic acids is 1. The summed E-state index contributed by atoms with van der Waals surface area (Å²) in [7, 11) is 2.20. The van der Waals surface area contributed by atoms with Crippen LogP contribution < -0.4 is 10.4 Å². The Morgan fingerprint density at radius 3 is 2.77 bits per heavy atom. The summed E-state index contributed by atoms with van der Waals surface area (Å²) in [4.78, 5) is 24.9. The molecule has 3 aromatic rings. The molecule has 1 aromatic carbocycles. The minimum Gasteiger partial charge on any atom is -0.338 e. The molecule has 1 saturated heterocycles. The summed E-state index contributed by atoms with van der Waals surface area (Å²) in [5.41, 5.74) is 5.96. The molecule has 4 heterocycles. The van der Waals surface area contributed by atoms with Crippen LogP contribution in [0.3, 0.4) is 0 Å². The molecule has 2 aliphatic rings. The van der Waals surface area contributed by atoms with E-state index in [4.69, 9.17) is 5.21 Å². The quantitative estimate of drug-likeness (QED) is 0.513. The summed E-state index contributed by atoms with van der Waals surface area (Å²) in [5, 5.41) is 10.1. The molecule has 8 nitrogen and oxygen atoms in total. The second-order valence-electron chi connectivity index (χ2n) is 8.25. The molecular weight excluding hydrogens is 380 g/mol. The lowest BCUT2D eigenvalue weighted by molar-refractivity contribution is 0.0705. The zero-order valence-corrected chi connectivity index (χ0v) is 17.1. The lowest BCUT2D eigenvalue weighted by atomic mass is 10.0. The van der Waals surface area contributed by atoms with E-state index < -0.39 is 5.91 Å². The summed E-state index contributed by atoms with van der Waals surface area (Å²) in [5.74, 6) is -0.00303. The highest BCUT2D eigenvalue weighted by molar-refractivity contribution is 5.92. The molecule has 1 fully saturated rings. The summed E-state index contributed by atoms with van der Waals surface area (Å²) in [6.45, 7) is 3.80. The number of carbonyl (C=O) groups is 1. The van der Waals surface area contributed by atoms with Gasteiger partial charge in [-0.2, -0.15) is 0 Å². The van der Waals surface area contributed by atoms with Crippen LogP contribution in [0.5, 0.6) is 0 Å². The van der Waals surface area contributed by atoms with E-state index in [1.807, 2.05) is 0 Å². The molecule has 0 bridgehead atoms. The van der Waals surface area contributed by atoms with Gasteiger partial charge in [0.15, 0.2) is 0 Å². The Morgan fingerprint density at radius 1 is 1.20 bits per heavy atom. The first-order chi connectivity index (χ1) is 14.7. The second-order valence-corrected chi connectivity index (χ2v) is 8.25. The Bertz CT molecular complexity index is 1080. The molecule has 8 heteroatoms. The van der Waals surface area contributed by atoms with E-state index in [9.17, 15) is 4.79 Å². The predicted molar refractivity (Wildman–Crippen MR) is 114 cm³/mol. The molecule has 0 aliphatic carbocycles. The summed E-state index contributed by atoms with van der Waals surface area (Å²) in [6, 6.07) is 9.20. The first kappa shape index (κ1) is 19.0. The Morgan fingerprint density at radius 2 is 2.00 bits per heavy atom. The molecule has 0 saturated carbocycles. The van der Waals surface area contributed by atoms with Gasteiger partial charge in [0, 0.05) is 48.1 Å². The van der Waals surface area contributed by atoms with Gasteiger partial charge >= 0.3 is 0 Å². The molecule has 0 spiro atoms. The first-order valence-corrected chi connectivity index (χ1v) is 10.5. The molecule has 156 valence electrons. The van der Waals surface area contributed by atoms with Gasteiger partial charge in [-0.25, -0.2) is 15.4 Å². The zero-order valence-electron chi connectivity index (χ0n) is 17.1. The van der Waals surface area contributed by atoms with Crippen LogP contribution in [-0.2, 0) is 13.0 Å². The van der Waals surface area contributed by atoms with Crippen molar-refractivity contribution in [1.82, 2.24) is 24.9 Å². The zero-order chi connectivity index (χ0) is 20.7. The van der Waals surface area contributed by atoms with Gasteiger partial charge in [-0.1, -0.05) is 18.2 Å². The fourth-order valence-corrected chi connectivity index (χ4v) is 4.95. The van der Waals surface area contributed by atoms with Crippen LogP contribution in [0.2, 0.25) is 0 Å². The van der Waals surface area contributed by atoms with Gasteiger partial charge in [-0.15, -0.1) is 0 Å². The molecule has 2 aromatic heterocycles. The number of para-hydroxylation sites is 1. The van der Waals surface area contributed by atoms with E-state index in [1.54, 1.807) is 5.48 Å². The third-order valence-electron chi connectivity index (χ3n) is 6.35. The number of likely N-dealkylation sites (tertiary alicyclic amines) is 1. The normalized spacial score (nSPS) is 19.7. The topological polar surface area (TPSA) is 86.5 Å². The van der Waals surface area contributed by atoms with Crippen molar-refractivity contribution in [3.63, 3.8) is 0 Å². The van der Waals surface area contributed by atoms with E-state index in [2.05, 4.69) is 55.6 Å². The second kappa shape index (κ2) is 7.70. The minimum absolute atomic E-state index is 0.235. The predicted octanol–water partition coefficient (Wildman–Crippen LogP) is 2.38. The largest absolute Gasteiger partial charge is 0.338 e. The van der Waals surface area contributed by atoms with Crippen molar-refractivity contribution < 1.29 is 10.0 Å². The molecule has 1 atom stereocenters. The van der Waals surface area contributed by atoms with E-state index in [1.165, 1.54) is 47.4 Å². The smallest absolute Gasteiger partial charge is 0.277 e. The number of nitrogens with zero attached hydrogens (tertiary/aromatic N) is 5. The Labute approximate surface area is 175 Å². The van der Waals surface area contributed by atoms with Crippen molar-refractivity contribution in [1.29, 1.82) is 0 Å². The molecule has 1 amide bonds. The van der Waals surface area contributed by atoms with E-state index in [0.717, 1.165) is 32.6 Å². The molecule has 5 rings (SSSR count). The van der Waals surface area contributed by atoms with Gasteiger partial charge in [-0.3, -0.25) is 10.0 Å². The highest BCUT2D eigenvalue weighted by atomic mass is 16.5. The minimum atomic E-state index is -0.607. The number of nitrogens with one attached hydrogen (secondary N) is 1. The number of likely N-dealkylation sites (N-methyl/N-ethyl adjacent to an activating group) is 1. The fourth-order valence-electron chi connectivity index (χ4n) is 4.95. The maximum atomic E-state index is 11.5. The van der Waals surface area contributed by atoms with E-state index in [0.29, 0.717) is 12.0 Å². The van der Waals surface area contributed by atoms with Gasteiger partial charge in [0.1, 0.15) is 0 Å². The van der Waals surface area contributed by atoms with Gasteiger partial charge in [0.05, 0.1) is 12.1 Å². The number of aromatic nitrogens is 3. The Kier molecular flexibility index (Phi) is 4.88. The van der Waals surface area contributed by atoms with Crippen LogP contribution in [0.4, 0.5) is 5.95 Å². The van der Waals surface area contributed by atoms with Crippen molar-refractivity contribution in [2.75, 3.05) is 31.6 Å². The monoisotopic (exact) mass is 406 g/mol. The third-order valence-corrected chi connectivity index (χ3v) is 6.35. The maximum absolute atomic E-state index is 11.5. The SMILES string of the molecule is CN1CCCC(n2c3c(c4ccccc42)CCN(c2ncc(C(=O)NO)cn2)C3)C1. The number of hydrogen-bond acceptors (Lipinski definition) is 6. The van der Waals surface area contributed by atoms with Gasteiger partial charge in [-0.05, 0) is 44.5 Å². The van der Waals surface area contributed by atoms with Crippen LogP contribution in [0.1, 0.15) is 40.5 Å².